The zero-order valence-electron chi connectivity index (χ0n) is 12.6. The Labute approximate surface area is 131 Å². The van der Waals surface area contributed by atoms with Crippen LogP contribution < -0.4 is 15.4 Å². The molecule has 23 heavy (non-hydrogen) atoms. The number of benzene rings is 1. The van der Waals surface area contributed by atoms with E-state index in [1.54, 1.807) is 0 Å². The number of ether oxygens (including phenoxy) is 1. The van der Waals surface area contributed by atoms with Gasteiger partial charge in [-0.15, -0.1) is 13.2 Å². The fourth-order valence-electron chi connectivity index (χ4n) is 2.77. The Hall–Kier alpha value is -1.96. The number of hydrogen-bond acceptors (Lipinski definition) is 3. The van der Waals surface area contributed by atoms with Crippen molar-refractivity contribution in [3.8, 4) is 5.75 Å². The van der Waals surface area contributed by atoms with E-state index in [4.69, 9.17) is 0 Å². The molecule has 2 unspecified atom stereocenters. The smallest absolute Gasteiger partial charge is 0.404 e. The van der Waals surface area contributed by atoms with Gasteiger partial charge in [0.05, 0.1) is 12.3 Å². The van der Waals surface area contributed by atoms with Crippen LogP contribution >= 0.6 is 0 Å². The van der Waals surface area contributed by atoms with Gasteiger partial charge < -0.3 is 20.5 Å². The van der Waals surface area contributed by atoms with Gasteiger partial charge in [-0.05, 0) is 25.0 Å². The molecule has 1 fully saturated rings. The van der Waals surface area contributed by atoms with Crippen molar-refractivity contribution in [2.75, 3.05) is 11.9 Å². The number of hydrogen-bond donors (Lipinski definition) is 3. The van der Waals surface area contributed by atoms with E-state index < -0.39 is 23.6 Å². The van der Waals surface area contributed by atoms with Gasteiger partial charge in [-0.2, -0.15) is 0 Å². The topological polar surface area (TPSA) is 70.6 Å². The van der Waals surface area contributed by atoms with Gasteiger partial charge in [0.15, 0.2) is 5.75 Å². The zero-order chi connectivity index (χ0) is 17.1. The summed E-state index contributed by atoms with van der Waals surface area (Å²) in [5.74, 6) is -0.480. The third kappa shape index (κ3) is 4.51. The Morgan fingerprint density at radius 2 is 2.13 bits per heavy atom. The van der Waals surface area contributed by atoms with Gasteiger partial charge in [0.2, 0.25) is 0 Å². The summed E-state index contributed by atoms with van der Waals surface area (Å²) in [6.45, 7) is 1.80. The Morgan fingerprint density at radius 3 is 2.78 bits per heavy atom. The van der Waals surface area contributed by atoms with Gasteiger partial charge >= 0.3 is 12.4 Å². The molecule has 1 saturated carbocycles. The molecule has 0 aliphatic heterocycles. The summed E-state index contributed by atoms with van der Waals surface area (Å²) in [5.41, 5.74) is -0.495. The van der Waals surface area contributed by atoms with E-state index in [2.05, 4.69) is 15.4 Å². The van der Waals surface area contributed by atoms with Crippen LogP contribution in [0.25, 0.3) is 0 Å². The molecule has 1 aliphatic rings. The van der Waals surface area contributed by atoms with Gasteiger partial charge in [-0.3, -0.25) is 0 Å². The van der Waals surface area contributed by atoms with Crippen LogP contribution in [0.3, 0.4) is 0 Å². The number of nitrogens with one attached hydrogen (secondary N) is 2. The number of rotatable bonds is 4. The number of alkyl halides is 3. The van der Waals surface area contributed by atoms with Crippen molar-refractivity contribution in [2.45, 2.75) is 38.6 Å². The Morgan fingerprint density at radius 1 is 1.43 bits per heavy atom. The average molecular weight is 332 g/mol. The van der Waals surface area contributed by atoms with E-state index in [1.165, 1.54) is 18.2 Å². The highest BCUT2D eigenvalue weighted by Gasteiger charge is 2.39. The van der Waals surface area contributed by atoms with E-state index in [-0.39, 0.29) is 18.3 Å². The Balaban J connectivity index is 2.03. The van der Waals surface area contributed by atoms with Crippen molar-refractivity contribution in [1.29, 1.82) is 0 Å². The summed E-state index contributed by atoms with van der Waals surface area (Å²) in [6, 6.07) is 4.45. The van der Waals surface area contributed by atoms with Crippen molar-refractivity contribution in [3.63, 3.8) is 0 Å². The average Bonchev–Trinajstić information content (AvgIpc) is 2.81. The normalized spacial score (nSPS) is 24.3. The fraction of sp³-hybridized carbons (Fsp3) is 0.533. The summed E-state index contributed by atoms with van der Waals surface area (Å²) >= 11 is 0. The number of amides is 2. The molecule has 128 valence electrons. The fourth-order valence-corrected chi connectivity index (χ4v) is 2.77. The molecule has 2 amide bonds. The molecular weight excluding hydrogens is 313 g/mol. The molecule has 1 aromatic carbocycles. The van der Waals surface area contributed by atoms with Gasteiger partial charge in [-0.1, -0.05) is 25.5 Å². The molecule has 0 bridgehead atoms. The second kappa shape index (κ2) is 6.66. The number of urea groups is 1. The molecule has 8 heteroatoms. The predicted octanol–water partition coefficient (Wildman–Crippen LogP) is 3.26. The van der Waals surface area contributed by atoms with Crippen LogP contribution in [-0.4, -0.2) is 30.1 Å². The lowest BCUT2D eigenvalue weighted by molar-refractivity contribution is -0.274. The summed E-state index contributed by atoms with van der Waals surface area (Å²) in [7, 11) is 0. The number of carbonyl (C=O) groups is 1. The van der Waals surface area contributed by atoms with Crippen molar-refractivity contribution in [1.82, 2.24) is 5.32 Å². The van der Waals surface area contributed by atoms with Crippen LogP contribution in [0.1, 0.15) is 26.2 Å². The number of aliphatic hydroxyl groups excluding tert-OH is 1. The SMILES string of the molecule is CC1(CO)CCCC1NC(=O)Nc1ccccc1OC(F)(F)F. The molecular formula is C15H19F3N2O3. The summed E-state index contributed by atoms with van der Waals surface area (Å²) < 4.78 is 40.9. The lowest BCUT2D eigenvalue weighted by Crippen LogP contribution is -2.46. The van der Waals surface area contributed by atoms with Crippen LogP contribution in [0.5, 0.6) is 5.75 Å². The lowest BCUT2D eigenvalue weighted by Gasteiger charge is -2.30. The maximum absolute atomic E-state index is 12.4. The van der Waals surface area contributed by atoms with Crippen LogP contribution in [0.2, 0.25) is 0 Å². The van der Waals surface area contributed by atoms with E-state index in [9.17, 15) is 23.1 Å². The molecule has 2 rings (SSSR count). The van der Waals surface area contributed by atoms with Crippen LogP contribution in [0, 0.1) is 5.41 Å². The largest absolute Gasteiger partial charge is 0.573 e. The second-order valence-corrected chi connectivity index (χ2v) is 5.90. The van der Waals surface area contributed by atoms with Gasteiger partial charge in [0.1, 0.15) is 0 Å². The highest BCUT2D eigenvalue weighted by atomic mass is 19.4. The van der Waals surface area contributed by atoms with Crippen LogP contribution in [0.4, 0.5) is 23.7 Å². The molecule has 0 aromatic heterocycles. The van der Waals surface area contributed by atoms with Gasteiger partial charge in [0.25, 0.3) is 0 Å². The number of carbonyl (C=O) groups excluding carboxylic acids is 1. The summed E-state index contributed by atoms with van der Waals surface area (Å²) in [5, 5.41) is 14.5. The maximum atomic E-state index is 12.4. The molecule has 0 radical (unpaired) electrons. The number of anilines is 1. The van der Waals surface area contributed by atoms with Crippen molar-refractivity contribution in [2.24, 2.45) is 5.41 Å². The number of para-hydroxylation sites is 2. The minimum atomic E-state index is -4.84. The first-order valence-corrected chi connectivity index (χ1v) is 7.27. The molecule has 0 spiro atoms. The molecule has 0 heterocycles. The molecule has 2 atom stereocenters. The monoisotopic (exact) mass is 332 g/mol. The van der Waals surface area contributed by atoms with E-state index in [0.717, 1.165) is 18.9 Å². The summed E-state index contributed by atoms with van der Waals surface area (Å²) in [6.07, 6.45) is -2.47. The first-order chi connectivity index (χ1) is 10.7. The zero-order valence-corrected chi connectivity index (χ0v) is 12.6. The standard InChI is InChI=1S/C15H19F3N2O3/c1-14(9-21)8-4-7-12(14)20-13(22)19-10-5-2-3-6-11(10)23-15(16,17)18/h2-3,5-6,12,21H,4,7-9H2,1H3,(H2,19,20,22). The highest BCUT2D eigenvalue weighted by molar-refractivity contribution is 5.91. The first kappa shape index (κ1) is 17.4. The maximum Gasteiger partial charge on any atom is 0.573 e. The molecule has 0 saturated heterocycles. The van der Waals surface area contributed by atoms with E-state index in [0.29, 0.717) is 6.42 Å². The minimum absolute atomic E-state index is 0.0638. The summed E-state index contributed by atoms with van der Waals surface area (Å²) in [4.78, 5) is 12.0. The van der Waals surface area contributed by atoms with Crippen LogP contribution in [0.15, 0.2) is 24.3 Å². The molecule has 1 aromatic rings. The molecule has 3 N–H and O–H groups in total. The third-order valence-corrected chi connectivity index (χ3v) is 4.11. The van der Waals surface area contributed by atoms with Crippen molar-refractivity contribution < 1.29 is 27.8 Å². The number of halogens is 3. The van der Waals surface area contributed by atoms with Crippen molar-refractivity contribution in [3.05, 3.63) is 24.3 Å². The molecule has 5 nitrogen and oxygen atoms in total. The van der Waals surface area contributed by atoms with E-state index >= 15 is 0 Å². The van der Waals surface area contributed by atoms with Gasteiger partial charge in [-0.25, -0.2) is 4.79 Å². The van der Waals surface area contributed by atoms with E-state index in [1.807, 2.05) is 6.92 Å². The highest BCUT2D eigenvalue weighted by Crippen LogP contribution is 2.37. The minimum Gasteiger partial charge on any atom is -0.404 e. The molecule has 1 aliphatic carbocycles. The van der Waals surface area contributed by atoms with Crippen LogP contribution in [-0.2, 0) is 0 Å². The third-order valence-electron chi connectivity index (χ3n) is 4.11. The predicted molar refractivity (Wildman–Crippen MR) is 78.1 cm³/mol. The first-order valence-electron chi connectivity index (χ1n) is 7.27. The second-order valence-electron chi connectivity index (χ2n) is 5.90. The van der Waals surface area contributed by atoms with Gasteiger partial charge in [0, 0.05) is 11.5 Å². The Bertz CT molecular complexity index is 565. The Kier molecular flexibility index (Phi) is 5.03. The quantitative estimate of drug-likeness (QED) is 0.792. The van der Waals surface area contributed by atoms with Crippen molar-refractivity contribution >= 4 is 11.7 Å². The number of aliphatic hydroxyl groups is 1. The lowest BCUT2D eigenvalue weighted by atomic mass is 9.86.